The van der Waals surface area contributed by atoms with Gasteiger partial charge >= 0.3 is 23.1 Å². The molecule has 0 unspecified atom stereocenters. The molecule has 1 rings (SSSR count). The molecule has 0 atom stereocenters. The van der Waals surface area contributed by atoms with Crippen LogP contribution in [0.4, 0.5) is 0 Å². The van der Waals surface area contributed by atoms with Gasteiger partial charge in [0.25, 0.3) is 0 Å². The average molecular weight is 211 g/mol. The standard InChI is InChI=1S/C7H7.CH3.BrH.Mg/c1-7-5-3-2-4-6-7;;;/h2-6H,1H2;1H3;1H;/q2*-1;;+2. The fraction of sp³-hybridized carbons (Fsp3) is 0. The molecule has 0 saturated heterocycles. The molecule has 0 fully saturated rings. The van der Waals surface area contributed by atoms with Gasteiger partial charge in [0.15, 0.2) is 0 Å². The summed E-state index contributed by atoms with van der Waals surface area (Å²) in [5.74, 6) is 0. The van der Waals surface area contributed by atoms with Crippen molar-refractivity contribution < 1.29 is 0 Å². The second-order valence-corrected chi connectivity index (χ2v) is 1.49. The summed E-state index contributed by atoms with van der Waals surface area (Å²) in [5, 5.41) is 0. The Labute approximate surface area is 89.9 Å². The van der Waals surface area contributed by atoms with Crippen molar-refractivity contribution in [1.29, 1.82) is 0 Å². The first-order valence-corrected chi connectivity index (χ1v) is 2.26. The first-order chi connectivity index (χ1) is 3.39. The van der Waals surface area contributed by atoms with Gasteiger partial charge < -0.3 is 7.43 Å². The smallest absolute Gasteiger partial charge is 0.358 e. The van der Waals surface area contributed by atoms with Crippen molar-refractivity contribution in [3.63, 3.8) is 0 Å². The van der Waals surface area contributed by atoms with E-state index in [1.54, 1.807) is 0 Å². The van der Waals surface area contributed by atoms with E-state index in [9.17, 15) is 0 Å². The SMILES string of the molecule is Br.[CH2-]c1ccccc1.[CH3-].[Mg+2]. The van der Waals surface area contributed by atoms with Crippen LogP contribution in [0.25, 0.3) is 0 Å². The maximum atomic E-state index is 3.72. The van der Waals surface area contributed by atoms with Gasteiger partial charge in [0.1, 0.15) is 0 Å². The summed E-state index contributed by atoms with van der Waals surface area (Å²) in [6.07, 6.45) is 0. The fourth-order valence-corrected chi connectivity index (χ4v) is 0.478. The monoisotopic (exact) mass is 210 g/mol. The topological polar surface area (TPSA) is 0 Å². The zero-order chi connectivity index (χ0) is 5.11. The van der Waals surface area contributed by atoms with Crippen LogP contribution in [-0.4, -0.2) is 23.1 Å². The predicted octanol–water partition coefficient (Wildman–Crippen LogP) is 2.52. The summed E-state index contributed by atoms with van der Waals surface area (Å²) in [6.45, 7) is 3.72. The molecule has 0 nitrogen and oxygen atoms in total. The van der Waals surface area contributed by atoms with Crippen molar-refractivity contribution in [3.8, 4) is 0 Å². The summed E-state index contributed by atoms with van der Waals surface area (Å²) >= 11 is 0. The zero-order valence-electron chi connectivity index (χ0n) is 6.21. The van der Waals surface area contributed by atoms with Crippen LogP contribution in [0.5, 0.6) is 0 Å². The third kappa shape index (κ3) is 6.46. The molecule has 0 aliphatic rings. The molecular weight excluding hydrogens is 200 g/mol. The van der Waals surface area contributed by atoms with E-state index in [2.05, 4.69) is 6.92 Å². The van der Waals surface area contributed by atoms with Crippen LogP contribution in [0, 0.1) is 14.4 Å². The number of hydrogen-bond donors (Lipinski definition) is 0. The average Bonchev–Trinajstić information content (AvgIpc) is 1.69. The Morgan fingerprint density at radius 2 is 1.40 bits per heavy atom. The van der Waals surface area contributed by atoms with Crippen LogP contribution in [0.1, 0.15) is 5.56 Å². The molecule has 0 radical (unpaired) electrons. The van der Waals surface area contributed by atoms with Crippen molar-refractivity contribution >= 4 is 40.0 Å². The van der Waals surface area contributed by atoms with E-state index in [1.807, 2.05) is 30.3 Å². The molecule has 10 heavy (non-hydrogen) atoms. The van der Waals surface area contributed by atoms with Crippen LogP contribution < -0.4 is 0 Å². The molecule has 0 aliphatic carbocycles. The van der Waals surface area contributed by atoms with Gasteiger partial charge in [-0.1, -0.05) is 6.07 Å². The van der Waals surface area contributed by atoms with Gasteiger partial charge in [-0.25, -0.2) is 0 Å². The molecule has 2 heteroatoms. The zero-order valence-corrected chi connectivity index (χ0v) is 9.34. The van der Waals surface area contributed by atoms with Crippen LogP contribution in [-0.2, 0) is 0 Å². The van der Waals surface area contributed by atoms with Crippen LogP contribution >= 0.6 is 17.0 Å². The van der Waals surface area contributed by atoms with Gasteiger partial charge in [-0.2, -0.15) is 24.6 Å². The van der Waals surface area contributed by atoms with Crippen molar-refractivity contribution in [2.24, 2.45) is 0 Å². The molecule has 52 valence electrons. The van der Waals surface area contributed by atoms with Gasteiger partial charge in [0.2, 0.25) is 0 Å². The van der Waals surface area contributed by atoms with Gasteiger partial charge in [0, 0.05) is 0 Å². The van der Waals surface area contributed by atoms with E-state index >= 15 is 0 Å². The molecule has 0 amide bonds. The maximum Gasteiger partial charge on any atom is 2.00 e. The first-order valence-electron chi connectivity index (χ1n) is 2.26. The molecule has 0 aromatic heterocycles. The molecule has 0 saturated carbocycles. The van der Waals surface area contributed by atoms with Gasteiger partial charge in [0.05, 0.1) is 0 Å². The summed E-state index contributed by atoms with van der Waals surface area (Å²) in [6, 6.07) is 9.87. The van der Waals surface area contributed by atoms with E-state index < -0.39 is 0 Å². The number of rotatable bonds is 0. The molecule has 0 aliphatic heterocycles. The third-order valence-corrected chi connectivity index (χ3v) is 0.843. The Balaban J connectivity index is -0.000000163. The van der Waals surface area contributed by atoms with Crippen LogP contribution in [0.2, 0.25) is 0 Å². The Kier molecular flexibility index (Phi) is 15.6. The molecule has 0 heterocycles. The van der Waals surface area contributed by atoms with Gasteiger partial charge in [-0.05, 0) is 0 Å². The Bertz CT molecular complexity index is 139. The van der Waals surface area contributed by atoms with Crippen molar-refractivity contribution in [3.05, 3.63) is 50.2 Å². The molecule has 0 N–H and O–H groups in total. The normalized spacial score (nSPS) is 6.00. The van der Waals surface area contributed by atoms with Crippen molar-refractivity contribution in [2.75, 3.05) is 0 Å². The van der Waals surface area contributed by atoms with Crippen molar-refractivity contribution in [1.82, 2.24) is 0 Å². The van der Waals surface area contributed by atoms with Gasteiger partial charge in [-0.3, -0.25) is 0 Å². The molecular formula is C8H11BrMg. The minimum atomic E-state index is 0. The number of halogens is 1. The largest absolute Gasteiger partial charge is 2.00 e. The summed E-state index contributed by atoms with van der Waals surface area (Å²) in [4.78, 5) is 0. The Hall–Kier alpha value is 0.336. The molecule has 1 aromatic rings. The van der Waals surface area contributed by atoms with E-state index in [0.717, 1.165) is 5.56 Å². The van der Waals surface area contributed by atoms with Crippen LogP contribution in [0.15, 0.2) is 30.3 Å². The number of hydrogen-bond acceptors (Lipinski definition) is 0. The van der Waals surface area contributed by atoms with E-state index in [-0.39, 0.29) is 47.5 Å². The Morgan fingerprint density at radius 1 is 1.00 bits per heavy atom. The fourth-order valence-electron chi connectivity index (χ4n) is 0.478. The van der Waals surface area contributed by atoms with E-state index in [0.29, 0.717) is 0 Å². The molecule has 0 bridgehead atoms. The summed E-state index contributed by atoms with van der Waals surface area (Å²) in [5.41, 5.74) is 1.07. The quantitative estimate of drug-likeness (QED) is 0.457. The van der Waals surface area contributed by atoms with Crippen molar-refractivity contribution in [2.45, 2.75) is 0 Å². The Morgan fingerprint density at radius 3 is 1.60 bits per heavy atom. The van der Waals surface area contributed by atoms with E-state index in [4.69, 9.17) is 0 Å². The minimum absolute atomic E-state index is 0. The summed E-state index contributed by atoms with van der Waals surface area (Å²) < 4.78 is 0. The second kappa shape index (κ2) is 9.34. The van der Waals surface area contributed by atoms with Crippen LogP contribution in [0.3, 0.4) is 0 Å². The third-order valence-electron chi connectivity index (χ3n) is 0.843. The maximum absolute atomic E-state index is 3.72. The minimum Gasteiger partial charge on any atom is -0.358 e. The predicted molar refractivity (Wildman–Crippen MR) is 53.4 cm³/mol. The molecule has 0 spiro atoms. The molecule has 1 aromatic carbocycles. The first kappa shape index (κ1) is 16.7. The second-order valence-electron chi connectivity index (χ2n) is 1.49. The van der Waals surface area contributed by atoms with E-state index in [1.165, 1.54) is 0 Å². The number of benzene rings is 1. The summed E-state index contributed by atoms with van der Waals surface area (Å²) in [7, 11) is 0. The van der Waals surface area contributed by atoms with Gasteiger partial charge in [-0.15, -0.1) is 29.1 Å².